The van der Waals surface area contributed by atoms with Crippen molar-refractivity contribution in [2.45, 2.75) is 13.0 Å². The van der Waals surface area contributed by atoms with E-state index in [-0.39, 0.29) is 17.6 Å². The van der Waals surface area contributed by atoms with Gasteiger partial charge in [-0.3, -0.25) is 9.69 Å². The van der Waals surface area contributed by atoms with Crippen molar-refractivity contribution in [2.75, 3.05) is 32.8 Å². The molecule has 146 valence electrons. The van der Waals surface area contributed by atoms with Gasteiger partial charge in [-0.1, -0.05) is 35.0 Å². The van der Waals surface area contributed by atoms with Crippen LogP contribution in [0.1, 0.15) is 27.7 Å². The lowest BCUT2D eigenvalue weighted by molar-refractivity contribution is 0.0332. The van der Waals surface area contributed by atoms with Crippen LogP contribution in [0.4, 0.5) is 0 Å². The molecule has 0 spiro atoms. The van der Waals surface area contributed by atoms with Crippen LogP contribution in [0.2, 0.25) is 0 Å². The van der Waals surface area contributed by atoms with Gasteiger partial charge in [0.2, 0.25) is 5.76 Å². The van der Waals surface area contributed by atoms with Crippen molar-refractivity contribution in [1.29, 1.82) is 0 Å². The molecule has 1 saturated heterocycles. The fourth-order valence-corrected chi connectivity index (χ4v) is 3.22. The van der Waals surface area contributed by atoms with E-state index in [9.17, 15) is 4.79 Å². The molecule has 0 bridgehead atoms. The Morgan fingerprint density at radius 3 is 2.68 bits per heavy atom. The third kappa shape index (κ3) is 4.32. The van der Waals surface area contributed by atoms with E-state index in [0.29, 0.717) is 31.3 Å². The highest BCUT2D eigenvalue weighted by Crippen LogP contribution is 2.22. The highest BCUT2D eigenvalue weighted by molar-refractivity contribution is 5.93. The van der Waals surface area contributed by atoms with Crippen LogP contribution in [0.5, 0.6) is 0 Å². The Bertz CT molecular complexity index is 896. The molecule has 1 amide bonds. The Labute approximate surface area is 163 Å². The van der Waals surface area contributed by atoms with E-state index >= 15 is 0 Å². The second-order valence-corrected chi connectivity index (χ2v) is 6.90. The Hall–Kier alpha value is -2.90. The zero-order valence-corrected chi connectivity index (χ0v) is 15.8. The maximum atomic E-state index is 12.8. The zero-order chi connectivity index (χ0) is 19.3. The maximum absolute atomic E-state index is 12.8. The molecular weight excluding hydrogens is 358 g/mol. The normalized spacial score (nSPS) is 16.0. The van der Waals surface area contributed by atoms with E-state index in [1.165, 1.54) is 5.56 Å². The van der Waals surface area contributed by atoms with Crippen LogP contribution in [-0.2, 0) is 4.74 Å². The van der Waals surface area contributed by atoms with Crippen LogP contribution in [0.15, 0.2) is 57.7 Å². The second-order valence-electron chi connectivity index (χ2n) is 6.90. The molecule has 1 aliphatic rings. The first-order valence-electron chi connectivity index (χ1n) is 9.37. The predicted octanol–water partition coefficient (Wildman–Crippen LogP) is 3.05. The first-order valence-corrected chi connectivity index (χ1v) is 9.37. The number of carbonyl (C=O) groups is 1. The van der Waals surface area contributed by atoms with Crippen LogP contribution in [0, 0.1) is 6.92 Å². The summed E-state index contributed by atoms with van der Waals surface area (Å²) in [5.41, 5.74) is 2.46. The van der Waals surface area contributed by atoms with E-state index in [0.717, 1.165) is 18.7 Å². The number of nitrogens with zero attached hydrogens (tertiary/aromatic N) is 2. The van der Waals surface area contributed by atoms with Crippen molar-refractivity contribution in [3.8, 4) is 11.5 Å². The minimum absolute atomic E-state index is 0.157. The van der Waals surface area contributed by atoms with Gasteiger partial charge in [-0.15, -0.1) is 0 Å². The van der Waals surface area contributed by atoms with Gasteiger partial charge in [-0.05, 0) is 24.6 Å². The molecule has 1 atom stereocenters. The summed E-state index contributed by atoms with van der Waals surface area (Å²) in [7, 11) is 0. The highest BCUT2D eigenvalue weighted by Gasteiger charge is 2.23. The average molecular weight is 381 g/mol. The molecule has 28 heavy (non-hydrogen) atoms. The second kappa shape index (κ2) is 8.41. The topological polar surface area (TPSA) is 80.7 Å². The summed E-state index contributed by atoms with van der Waals surface area (Å²) in [6, 6.07) is 13.2. The molecule has 0 aliphatic carbocycles. The van der Waals surface area contributed by atoms with Crippen LogP contribution in [0.25, 0.3) is 11.5 Å². The lowest BCUT2D eigenvalue weighted by Crippen LogP contribution is -2.43. The summed E-state index contributed by atoms with van der Waals surface area (Å²) in [4.78, 5) is 15.1. The summed E-state index contributed by atoms with van der Waals surface area (Å²) in [6.07, 6.45) is 1.55. The van der Waals surface area contributed by atoms with Crippen LogP contribution in [-0.4, -0.2) is 48.8 Å². The highest BCUT2D eigenvalue weighted by atomic mass is 16.5. The summed E-state index contributed by atoms with van der Waals surface area (Å²) >= 11 is 0. The van der Waals surface area contributed by atoms with Gasteiger partial charge in [-0.25, -0.2) is 0 Å². The number of rotatable bonds is 6. The van der Waals surface area contributed by atoms with Gasteiger partial charge >= 0.3 is 0 Å². The van der Waals surface area contributed by atoms with Crippen molar-refractivity contribution in [3.63, 3.8) is 0 Å². The summed E-state index contributed by atoms with van der Waals surface area (Å²) in [5, 5.41) is 7.00. The SMILES string of the molecule is Cc1ccc(C(CN2CCOCC2)NC(=O)c2cc(-c3ccco3)on2)cc1. The lowest BCUT2D eigenvalue weighted by atomic mass is 10.0. The molecule has 3 heterocycles. The molecule has 2 aromatic heterocycles. The number of hydrogen-bond acceptors (Lipinski definition) is 6. The molecule has 1 aliphatic heterocycles. The molecule has 1 unspecified atom stereocenters. The van der Waals surface area contributed by atoms with E-state index in [1.54, 1.807) is 24.5 Å². The third-order valence-corrected chi connectivity index (χ3v) is 4.84. The fraction of sp³-hybridized carbons (Fsp3) is 0.333. The maximum Gasteiger partial charge on any atom is 0.274 e. The van der Waals surface area contributed by atoms with Gasteiger partial charge in [-0.2, -0.15) is 0 Å². The molecule has 0 saturated carbocycles. The molecule has 3 aromatic rings. The molecule has 0 radical (unpaired) electrons. The number of furan rings is 1. The number of ether oxygens (including phenoxy) is 1. The number of carbonyl (C=O) groups excluding carboxylic acids is 1. The van der Waals surface area contributed by atoms with Crippen molar-refractivity contribution in [1.82, 2.24) is 15.4 Å². The monoisotopic (exact) mass is 381 g/mol. The number of amides is 1. The molecule has 4 rings (SSSR count). The standard InChI is InChI=1S/C21H23N3O4/c1-15-4-6-16(7-5-15)18(14-24-8-11-26-12-9-24)22-21(25)17-13-20(28-23-17)19-3-2-10-27-19/h2-7,10,13,18H,8-9,11-12,14H2,1H3,(H,22,25). The third-order valence-electron chi connectivity index (χ3n) is 4.84. The molecule has 1 N–H and O–H groups in total. The minimum atomic E-state index is -0.277. The number of aryl methyl sites for hydroxylation is 1. The molecule has 1 fully saturated rings. The first kappa shape index (κ1) is 18.5. The number of aromatic nitrogens is 1. The van der Waals surface area contributed by atoms with Gasteiger partial charge < -0.3 is 19.0 Å². The summed E-state index contributed by atoms with van der Waals surface area (Å²) < 4.78 is 16.0. The Morgan fingerprint density at radius 1 is 1.18 bits per heavy atom. The van der Waals surface area contributed by atoms with Gasteiger partial charge in [0, 0.05) is 25.7 Å². The molecule has 7 nitrogen and oxygen atoms in total. The Balaban J connectivity index is 1.50. The first-order chi connectivity index (χ1) is 13.7. The fourth-order valence-electron chi connectivity index (χ4n) is 3.22. The smallest absolute Gasteiger partial charge is 0.274 e. The summed E-state index contributed by atoms with van der Waals surface area (Å²) in [5.74, 6) is 0.686. The number of hydrogen-bond donors (Lipinski definition) is 1. The van der Waals surface area contributed by atoms with Crippen molar-refractivity contribution < 1.29 is 18.5 Å². The van der Waals surface area contributed by atoms with Crippen molar-refractivity contribution in [3.05, 3.63) is 65.5 Å². The number of morpholine rings is 1. The van der Waals surface area contributed by atoms with Crippen molar-refractivity contribution >= 4 is 5.91 Å². The van der Waals surface area contributed by atoms with Gasteiger partial charge in [0.05, 0.1) is 25.5 Å². The van der Waals surface area contributed by atoms with Gasteiger partial charge in [0.25, 0.3) is 5.91 Å². The van der Waals surface area contributed by atoms with Crippen molar-refractivity contribution in [2.24, 2.45) is 0 Å². The van der Waals surface area contributed by atoms with E-state index < -0.39 is 0 Å². The number of nitrogens with one attached hydrogen (secondary N) is 1. The van der Waals surface area contributed by atoms with Crippen LogP contribution in [0.3, 0.4) is 0 Å². The molecule has 7 heteroatoms. The minimum Gasteiger partial charge on any atom is -0.461 e. The molecular formula is C21H23N3O4. The average Bonchev–Trinajstić information content (AvgIpc) is 3.41. The van der Waals surface area contributed by atoms with E-state index in [2.05, 4.69) is 39.6 Å². The van der Waals surface area contributed by atoms with E-state index in [4.69, 9.17) is 13.7 Å². The quantitative estimate of drug-likeness (QED) is 0.707. The largest absolute Gasteiger partial charge is 0.461 e. The molecule has 1 aromatic carbocycles. The van der Waals surface area contributed by atoms with Crippen LogP contribution < -0.4 is 5.32 Å². The Morgan fingerprint density at radius 2 is 1.96 bits per heavy atom. The van der Waals surface area contributed by atoms with Gasteiger partial charge in [0.1, 0.15) is 0 Å². The Kier molecular flexibility index (Phi) is 5.55. The predicted molar refractivity (Wildman–Crippen MR) is 103 cm³/mol. The van der Waals surface area contributed by atoms with Gasteiger partial charge in [0.15, 0.2) is 11.5 Å². The summed E-state index contributed by atoms with van der Waals surface area (Å²) in [6.45, 7) is 5.89. The lowest BCUT2D eigenvalue weighted by Gasteiger charge is -2.31. The zero-order valence-electron chi connectivity index (χ0n) is 15.8. The number of benzene rings is 1. The van der Waals surface area contributed by atoms with E-state index in [1.807, 2.05) is 6.92 Å². The van der Waals surface area contributed by atoms with Crippen LogP contribution >= 0.6 is 0 Å².